The van der Waals surface area contributed by atoms with Gasteiger partial charge in [0.05, 0.1) is 0 Å². The van der Waals surface area contributed by atoms with Crippen LogP contribution < -0.4 is 5.32 Å². The molecule has 0 spiro atoms. The van der Waals surface area contributed by atoms with Crippen LogP contribution in [-0.2, 0) is 0 Å². The minimum Gasteiger partial charge on any atom is -0.477 e. The van der Waals surface area contributed by atoms with Crippen molar-refractivity contribution in [3.05, 3.63) is 28.0 Å². The molecule has 3 nitrogen and oxygen atoms in total. The average molecular weight is 209 g/mol. The monoisotopic (exact) mass is 209 g/mol. The van der Waals surface area contributed by atoms with Crippen LogP contribution in [0.3, 0.4) is 0 Å². The summed E-state index contributed by atoms with van der Waals surface area (Å²) < 4.78 is 0. The second-order valence-electron chi connectivity index (χ2n) is 3.15. The number of nitrogens with one attached hydrogen (secondary N) is 1. The molecule has 0 aliphatic carbocycles. The highest BCUT2D eigenvalue weighted by atomic mass is 32.1. The fourth-order valence-corrected chi connectivity index (χ4v) is 2.38. The summed E-state index contributed by atoms with van der Waals surface area (Å²) in [6, 6.07) is 3.57. The number of carboxylic acids is 1. The molecule has 14 heavy (non-hydrogen) atoms. The van der Waals surface area contributed by atoms with Crippen molar-refractivity contribution in [1.29, 1.82) is 0 Å². The van der Waals surface area contributed by atoms with Crippen molar-refractivity contribution in [1.82, 2.24) is 5.32 Å². The first-order valence-electron chi connectivity index (χ1n) is 4.50. The molecule has 1 aromatic rings. The van der Waals surface area contributed by atoms with E-state index >= 15 is 0 Å². The van der Waals surface area contributed by atoms with Gasteiger partial charge in [-0.05, 0) is 30.7 Å². The zero-order valence-electron chi connectivity index (χ0n) is 7.62. The lowest BCUT2D eigenvalue weighted by molar-refractivity contribution is 0.0702. The van der Waals surface area contributed by atoms with Crippen LogP contribution in [0.25, 0.3) is 5.57 Å². The van der Waals surface area contributed by atoms with E-state index in [1.807, 2.05) is 6.07 Å². The van der Waals surface area contributed by atoms with E-state index in [1.165, 1.54) is 16.9 Å². The van der Waals surface area contributed by atoms with Gasteiger partial charge in [-0.1, -0.05) is 6.08 Å². The van der Waals surface area contributed by atoms with Gasteiger partial charge in [-0.2, -0.15) is 0 Å². The van der Waals surface area contributed by atoms with Crippen LogP contribution in [0.15, 0.2) is 18.2 Å². The SMILES string of the molecule is O=C(O)c1ccc(C2=CCNCC2)s1. The largest absolute Gasteiger partial charge is 0.477 e. The van der Waals surface area contributed by atoms with Gasteiger partial charge in [0.15, 0.2) is 0 Å². The minimum absolute atomic E-state index is 0.416. The lowest BCUT2D eigenvalue weighted by atomic mass is 10.1. The molecular formula is C10H11NO2S. The Labute approximate surface area is 86.1 Å². The molecule has 1 aliphatic heterocycles. The molecule has 1 aliphatic rings. The van der Waals surface area contributed by atoms with E-state index in [0.717, 1.165) is 24.4 Å². The summed E-state index contributed by atoms with van der Waals surface area (Å²) in [4.78, 5) is 12.2. The summed E-state index contributed by atoms with van der Waals surface area (Å²) >= 11 is 1.35. The third-order valence-electron chi connectivity index (χ3n) is 2.20. The predicted octanol–water partition coefficient (Wildman–Crippen LogP) is 1.82. The molecule has 4 heteroatoms. The summed E-state index contributed by atoms with van der Waals surface area (Å²) in [5, 5.41) is 12.0. The topological polar surface area (TPSA) is 49.3 Å². The Bertz CT molecular complexity index is 381. The molecule has 0 bridgehead atoms. The van der Waals surface area contributed by atoms with Crippen molar-refractivity contribution in [3.63, 3.8) is 0 Å². The minimum atomic E-state index is -0.837. The molecule has 2 N–H and O–H groups in total. The average Bonchev–Trinajstić information content (AvgIpc) is 2.68. The van der Waals surface area contributed by atoms with Crippen LogP contribution in [0.2, 0.25) is 0 Å². The third-order valence-corrected chi connectivity index (χ3v) is 3.35. The van der Waals surface area contributed by atoms with Crippen LogP contribution in [0.1, 0.15) is 21.0 Å². The molecule has 74 valence electrons. The molecule has 0 atom stereocenters. The van der Waals surface area contributed by atoms with Crippen LogP contribution in [0.5, 0.6) is 0 Å². The third kappa shape index (κ3) is 1.86. The predicted molar refractivity (Wildman–Crippen MR) is 56.7 cm³/mol. The number of carboxylic acid groups (broad SMARTS) is 1. The Hall–Kier alpha value is -1.13. The Morgan fingerprint density at radius 2 is 2.36 bits per heavy atom. The van der Waals surface area contributed by atoms with Gasteiger partial charge in [-0.25, -0.2) is 4.79 Å². The maximum absolute atomic E-state index is 10.7. The van der Waals surface area contributed by atoms with Gasteiger partial charge in [-0.15, -0.1) is 11.3 Å². The molecule has 0 aromatic carbocycles. The fraction of sp³-hybridized carbons (Fsp3) is 0.300. The van der Waals surface area contributed by atoms with E-state index in [4.69, 9.17) is 5.11 Å². The van der Waals surface area contributed by atoms with Crippen molar-refractivity contribution in [3.8, 4) is 0 Å². The van der Waals surface area contributed by atoms with Crippen molar-refractivity contribution in [2.24, 2.45) is 0 Å². The standard InChI is InChI=1S/C10H11NO2S/c12-10(13)9-2-1-8(14-9)7-3-5-11-6-4-7/h1-3,11H,4-6H2,(H,12,13). The maximum atomic E-state index is 10.7. The number of hydrogen-bond acceptors (Lipinski definition) is 3. The normalized spacial score (nSPS) is 16.4. The summed E-state index contributed by atoms with van der Waals surface area (Å²) in [7, 11) is 0. The molecule has 0 unspecified atom stereocenters. The smallest absolute Gasteiger partial charge is 0.345 e. The molecule has 0 saturated carbocycles. The molecule has 0 amide bonds. The van der Waals surface area contributed by atoms with Gasteiger partial charge in [0.2, 0.25) is 0 Å². The molecule has 1 aromatic heterocycles. The van der Waals surface area contributed by atoms with Gasteiger partial charge in [0.1, 0.15) is 4.88 Å². The fourth-order valence-electron chi connectivity index (χ4n) is 1.47. The van der Waals surface area contributed by atoms with Gasteiger partial charge >= 0.3 is 5.97 Å². The van der Waals surface area contributed by atoms with Gasteiger partial charge in [-0.3, -0.25) is 0 Å². The molecule has 0 fully saturated rings. The Morgan fingerprint density at radius 1 is 1.50 bits per heavy atom. The first kappa shape index (κ1) is 9.43. The van der Waals surface area contributed by atoms with Crippen molar-refractivity contribution in [2.45, 2.75) is 6.42 Å². The Balaban J connectivity index is 2.23. The first-order valence-corrected chi connectivity index (χ1v) is 5.32. The van der Waals surface area contributed by atoms with Crippen molar-refractivity contribution < 1.29 is 9.90 Å². The van der Waals surface area contributed by atoms with E-state index in [0.29, 0.717) is 4.88 Å². The Morgan fingerprint density at radius 3 is 2.93 bits per heavy atom. The molecule has 0 radical (unpaired) electrons. The second kappa shape index (κ2) is 3.94. The highest BCUT2D eigenvalue weighted by molar-refractivity contribution is 7.15. The van der Waals surface area contributed by atoms with Gasteiger partial charge in [0, 0.05) is 11.4 Å². The molecule has 0 saturated heterocycles. The Kier molecular flexibility index (Phi) is 2.65. The van der Waals surface area contributed by atoms with Crippen molar-refractivity contribution >= 4 is 22.9 Å². The van der Waals surface area contributed by atoms with E-state index in [2.05, 4.69) is 11.4 Å². The quantitative estimate of drug-likeness (QED) is 0.781. The lowest BCUT2D eigenvalue weighted by Crippen LogP contribution is -2.19. The highest BCUT2D eigenvalue weighted by Crippen LogP contribution is 2.27. The number of thiophene rings is 1. The van der Waals surface area contributed by atoms with E-state index < -0.39 is 5.97 Å². The summed E-state index contributed by atoms with van der Waals surface area (Å²) in [5.74, 6) is -0.837. The van der Waals surface area contributed by atoms with Gasteiger partial charge in [0.25, 0.3) is 0 Å². The number of rotatable bonds is 2. The lowest BCUT2D eigenvalue weighted by Gasteiger charge is -2.11. The zero-order chi connectivity index (χ0) is 9.97. The summed E-state index contributed by atoms with van der Waals surface area (Å²) in [6.07, 6.45) is 3.11. The zero-order valence-corrected chi connectivity index (χ0v) is 8.43. The van der Waals surface area contributed by atoms with Crippen LogP contribution in [0, 0.1) is 0 Å². The van der Waals surface area contributed by atoms with E-state index in [1.54, 1.807) is 6.07 Å². The number of hydrogen-bond donors (Lipinski definition) is 2. The maximum Gasteiger partial charge on any atom is 0.345 e. The molecule has 2 heterocycles. The summed E-state index contributed by atoms with van der Waals surface area (Å²) in [5.41, 5.74) is 1.27. The number of carbonyl (C=O) groups is 1. The molecule has 2 rings (SSSR count). The second-order valence-corrected chi connectivity index (χ2v) is 4.24. The summed E-state index contributed by atoms with van der Waals surface area (Å²) in [6.45, 7) is 1.86. The molecular weight excluding hydrogens is 198 g/mol. The van der Waals surface area contributed by atoms with E-state index in [-0.39, 0.29) is 0 Å². The van der Waals surface area contributed by atoms with Crippen LogP contribution in [0.4, 0.5) is 0 Å². The van der Waals surface area contributed by atoms with Crippen LogP contribution in [-0.4, -0.2) is 24.2 Å². The van der Waals surface area contributed by atoms with Gasteiger partial charge < -0.3 is 10.4 Å². The van der Waals surface area contributed by atoms with Crippen LogP contribution >= 0.6 is 11.3 Å². The number of aromatic carboxylic acids is 1. The van der Waals surface area contributed by atoms with E-state index in [9.17, 15) is 4.79 Å². The highest BCUT2D eigenvalue weighted by Gasteiger charge is 2.11. The van der Waals surface area contributed by atoms with Crippen molar-refractivity contribution in [2.75, 3.05) is 13.1 Å². The first-order chi connectivity index (χ1) is 6.77.